The van der Waals surface area contributed by atoms with Crippen LogP contribution in [0.1, 0.15) is 12.3 Å². The number of benzene rings is 1. The zero-order valence-corrected chi connectivity index (χ0v) is 12.6. The van der Waals surface area contributed by atoms with Crippen molar-refractivity contribution in [2.45, 2.75) is 24.6 Å². The third kappa shape index (κ3) is 3.75. The second-order valence-corrected chi connectivity index (χ2v) is 5.18. The summed E-state index contributed by atoms with van der Waals surface area (Å²) in [5.41, 5.74) is -0.0535. The number of carbonyl (C=O) groups is 1. The minimum atomic E-state index is -4.72. The van der Waals surface area contributed by atoms with Crippen LogP contribution >= 0.6 is 12.4 Å². The average Bonchev–Trinajstić information content (AvgIpc) is 3.01. The Morgan fingerprint density at radius 1 is 1.38 bits per heavy atom. The number of alkyl halides is 5. The number of rotatable bonds is 2. The first-order chi connectivity index (χ1) is 10.6. The van der Waals surface area contributed by atoms with E-state index in [9.17, 15) is 26.7 Å². The van der Waals surface area contributed by atoms with Crippen molar-refractivity contribution in [3.05, 3.63) is 24.1 Å². The lowest BCUT2D eigenvalue weighted by atomic mass is 10.2. The number of carbonyl (C=O) groups excluding carboxylic acids is 1. The quantitative estimate of drug-likeness (QED) is 0.796. The van der Waals surface area contributed by atoms with Gasteiger partial charge in [-0.05, 0) is 18.2 Å². The Kier molecular flexibility index (Phi) is 4.73. The molecule has 1 aliphatic heterocycles. The normalized spacial score (nSPS) is 20.0. The van der Waals surface area contributed by atoms with Gasteiger partial charge >= 0.3 is 12.1 Å². The molecule has 1 aromatic heterocycles. The minimum Gasteiger partial charge on any atom is -0.433 e. The number of anilines is 1. The average molecular weight is 372 g/mol. The molecule has 1 aliphatic rings. The lowest BCUT2D eigenvalue weighted by Gasteiger charge is -2.11. The molecule has 0 aliphatic carbocycles. The van der Waals surface area contributed by atoms with Gasteiger partial charge in [0.15, 0.2) is 5.58 Å². The molecule has 0 bridgehead atoms. The zero-order valence-electron chi connectivity index (χ0n) is 11.8. The van der Waals surface area contributed by atoms with Crippen LogP contribution in [0.5, 0.6) is 0 Å². The summed E-state index contributed by atoms with van der Waals surface area (Å²) in [6.45, 7) is -0.595. The number of amides is 1. The Labute approximate surface area is 138 Å². The maximum Gasteiger partial charge on any atom is 0.468 e. The largest absolute Gasteiger partial charge is 0.468 e. The lowest BCUT2D eigenvalue weighted by Crippen LogP contribution is -2.35. The molecule has 2 N–H and O–H groups in total. The highest BCUT2D eigenvalue weighted by atomic mass is 35.5. The van der Waals surface area contributed by atoms with Gasteiger partial charge in [-0.2, -0.15) is 13.2 Å². The smallest absolute Gasteiger partial charge is 0.433 e. The van der Waals surface area contributed by atoms with E-state index < -0.39 is 42.9 Å². The second kappa shape index (κ2) is 6.17. The molecule has 0 saturated carbocycles. The fraction of sp³-hybridized carbons (Fsp3) is 0.385. The summed E-state index contributed by atoms with van der Waals surface area (Å²) in [4.78, 5) is 15.2. The van der Waals surface area contributed by atoms with E-state index in [1.54, 1.807) is 0 Å². The monoisotopic (exact) mass is 371 g/mol. The molecule has 0 spiro atoms. The van der Waals surface area contributed by atoms with Crippen LogP contribution in [-0.4, -0.2) is 29.4 Å². The molecule has 1 unspecified atom stereocenters. The van der Waals surface area contributed by atoms with Crippen molar-refractivity contribution in [3.63, 3.8) is 0 Å². The van der Waals surface area contributed by atoms with E-state index in [0.29, 0.717) is 0 Å². The number of hydrogen-bond acceptors (Lipinski definition) is 4. The third-order valence-electron chi connectivity index (χ3n) is 3.32. The van der Waals surface area contributed by atoms with E-state index in [-0.39, 0.29) is 29.2 Å². The van der Waals surface area contributed by atoms with Crippen LogP contribution in [-0.2, 0) is 11.0 Å². The van der Waals surface area contributed by atoms with Gasteiger partial charge < -0.3 is 9.73 Å². The van der Waals surface area contributed by atoms with E-state index in [1.165, 1.54) is 18.2 Å². The molecular formula is C13H11ClF5N3O2. The Morgan fingerprint density at radius 3 is 2.67 bits per heavy atom. The number of halogens is 6. The molecule has 132 valence electrons. The van der Waals surface area contributed by atoms with E-state index in [2.05, 4.69) is 20.0 Å². The molecule has 2 aromatic rings. The first-order valence-corrected chi connectivity index (χ1v) is 6.54. The fourth-order valence-electron chi connectivity index (χ4n) is 2.26. The van der Waals surface area contributed by atoms with Gasteiger partial charge in [-0.15, -0.1) is 12.4 Å². The highest BCUT2D eigenvalue weighted by molar-refractivity contribution is 5.96. The summed E-state index contributed by atoms with van der Waals surface area (Å²) in [7, 11) is 0. The van der Waals surface area contributed by atoms with Gasteiger partial charge in [0, 0.05) is 12.1 Å². The molecule has 5 nitrogen and oxygen atoms in total. The van der Waals surface area contributed by atoms with Crippen molar-refractivity contribution in [2.75, 3.05) is 11.9 Å². The van der Waals surface area contributed by atoms with E-state index >= 15 is 0 Å². The van der Waals surface area contributed by atoms with Gasteiger partial charge in [-0.3, -0.25) is 10.1 Å². The second-order valence-electron chi connectivity index (χ2n) is 5.18. The Hall–Kier alpha value is -1.94. The van der Waals surface area contributed by atoms with Crippen LogP contribution in [0.4, 0.5) is 27.6 Å². The van der Waals surface area contributed by atoms with Crippen LogP contribution in [0.3, 0.4) is 0 Å². The van der Waals surface area contributed by atoms with Crippen molar-refractivity contribution in [2.24, 2.45) is 0 Å². The molecule has 0 radical (unpaired) electrons. The standard InChI is InChI=1S/C13H10F5N3O2.ClH/c14-12(15)4-8(19-5-12)10(22)20-6-1-2-9-7(3-6)21-11(23-9)13(16,17)18;/h1-3,8,19H,4-5H2,(H,20,22);1H. The van der Waals surface area contributed by atoms with Crippen LogP contribution in [0, 0.1) is 0 Å². The topological polar surface area (TPSA) is 67.2 Å². The molecule has 1 atom stereocenters. The van der Waals surface area contributed by atoms with Crippen molar-refractivity contribution in [3.8, 4) is 0 Å². The van der Waals surface area contributed by atoms with Gasteiger partial charge in [0.2, 0.25) is 5.91 Å². The number of hydrogen-bond donors (Lipinski definition) is 2. The fourth-order valence-corrected chi connectivity index (χ4v) is 2.26. The maximum absolute atomic E-state index is 13.0. The van der Waals surface area contributed by atoms with Crippen molar-refractivity contribution in [1.82, 2.24) is 10.3 Å². The maximum atomic E-state index is 13.0. The Bertz CT molecular complexity index is 762. The SMILES string of the molecule is Cl.O=C(Nc1ccc2oc(C(F)(F)F)nc2c1)C1CC(F)(F)CN1. The molecule has 1 saturated heterocycles. The molecule has 11 heteroatoms. The van der Waals surface area contributed by atoms with Gasteiger partial charge in [0.05, 0.1) is 12.6 Å². The van der Waals surface area contributed by atoms with Crippen molar-refractivity contribution < 1.29 is 31.2 Å². The third-order valence-corrected chi connectivity index (χ3v) is 3.32. The van der Waals surface area contributed by atoms with E-state index in [4.69, 9.17) is 0 Å². The van der Waals surface area contributed by atoms with Gasteiger partial charge in [0.1, 0.15) is 5.52 Å². The summed E-state index contributed by atoms with van der Waals surface area (Å²) >= 11 is 0. The summed E-state index contributed by atoms with van der Waals surface area (Å²) in [6, 6.07) is 2.63. The van der Waals surface area contributed by atoms with Crippen LogP contribution in [0.2, 0.25) is 0 Å². The number of nitrogens with zero attached hydrogens (tertiary/aromatic N) is 1. The van der Waals surface area contributed by atoms with Crippen LogP contribution < -0.4 is 10.6 Å². The molecule has 1 amide bonds. The number of fused-ring (bicyclic) bond motifs is 1. The number of oxazole rings is 1. The van der Waals surface area contributed by atoms with E-state index in [0.717, 1.165) is 0 Å². The molecule has 2 heterocycles. The first kappa shape index (κ1) is 18.4. The molecular weight excluding hydrogens is 361 g/mol. The lowest BCUT2D eigenvalue weighted by molar-refractivity contribution is -0.156. The zero-order chi connectivity index (χ0) is 16.8. The molecule has 3 rings (SSSR count). The van der Waals surface area contributed by atoms with Crippen molar-refractivity contribution >= 4 is 35.1 Å². The summed E-state index contributed by atoms with van der Waals surface area (Å²) in [5.74, 6) is -5.05. The predicted molar refractivity (Wildman–Crippen MR) is 76.2 cm³/mol. The van der Waals surface area contributed by atoms with Gasteiger partial charge in [-0.25, -0.2) is 13.8 Å². The molecule has 1 fully saturated rings. The van der Waals surface area contributed by atoms with E-state index in [1.807, 2.05) is 0 Å². The molecule has 24 heavy (non-hydrogen) atoms. The summed E-state index contributed by atoms with van der Waals surface area (Å²) < 4.78 is 68.2. The summed E-state index contributed by atoms with van der Waals surface area (Å²) in [5, 5.41) is 4.75. The summed E-state index contributed by atoms with van der Waals surface area (Å²) in [6.07, 6.45) is -5.36. The molecule has 1 aromatic carbocycles. The predicted octanol–water partition coefficient (Wildman–Crippen LogP) is 3.20. The number of aromatic nitrogens is 1. The highest BCUT2D eigenvalue weighted by Gasteiger charge is 2.42. The minimum absolute atomic E-state index is 0. The van der Waals surface area contributed by atoms with Crippen LogP contribution in [0.15, 0.2) is 22.6 Å². The number of nitrogens with one attached hydrogen (secondary N) is 2. The Morgan fingerprint density at radius 2 is 2.08 bits per heavy atom. The Balaban J connectivity index is 0.00000208. The van der Waals surface area contributed by atoms with Gasteiger partial charge in [-0.1, -0.05) is 0 Å². The van der Waals surface area contributed by atoms with Crippen molar-refractivity contribution in [1.29, 1.82) is 0 Å². The van der Waals surface area contributed by atoms with Crippen LogP contribution in [0.25, 0.3) is 11.1 Å². The highest BCUT2D eigenvalue weighted by Crippen LogP contribution is 2.32. The van der Waals surface area contributed by atoms with Gasteiger partial charge in [0.25, 0.3) is 5.92 Å². The first-order valence-electron chi connectivity index (χ1n) is 6.54.